The summed E-state index contributed by atoms with van der Waals surface area (Å²) in [6, 6.07) is 7.79. The van der Waals surface area contributed by atoms with Crippen molar-refractivity contribution in [2.24, 2.45) is 23.5 Å². The van der Waals surface area contributed by atoms with Crippen molar-refractivity contribution in [3.05, 3.63) is 29.8 Å². The number of amides is 2. The van der Waals surface area contributed by atoms with Crippen molar-refractivity contribution in [3.63, 3.8) is 0 Å². The van der Waals surface area contributed by atoms with Crippen LogP contribution in [0.5, 0.6) is 5.75 Å². The number of carbonyl (C=O) groups is 2. The average molecular weight is 373 g/mol. The molecule has 2 atom stereocenters. The van der Waals surface area contributed by atoms with Gasteiger partial charge in [-0.3, -0.25) is 9.59 Å². The van der Waals surface area contributed by atoms with E-state index in [0.29, 0.717) is 24.1 Å². The minimum absolute atomic E-state index is 0.00786. The quantitative estimate of drug-likeness (QED) is 0.798. The molecule has 6 heteroatoms. The van der Waals surface area contributed by atoms with Crippen molar-refractivity contribution in [1.82, 2.24) is 10.2 Å². The molecule has 2 amide bonds. The number of carbonyl (C=O) groups excluding carboxylic acids is 2. The first kappa shape index (κ1) is 19.7. The van der Waals surface area contributed by atoms with Gasteiger partial charge in [-0.25, -0.2) is 0 Å². The monoisotopic (exact) mass is 373 g/mol. The van der Waals surface area contributed by atoms with Crippen LogP contribution in [0.4, 0.5) is 0 Å². The van der Waals surface area contributed by atoms with Gasteiger partial charge in [0.05, 0.1) is 0 Å². The van der Waals surface area contributed by atoms with E-state index in [1.807, 2.05) is 24.3 Å². The van der Waals surface area contributed by atoms with Gasteiger partial charge in [0.1, 0.15) is 5.75 Å². The number of ether oxygens (including phenoxy) is 1. The van der Waals surface area contributed by atoms with Crippen LogP contribution in [0.25, 0.3) is 0 Å². The van der Waals surface area contributed by atoms with Crippen LogP contribution in [-0.2, 0) is 16.1 Å². The smallest absolute Gasteiger partial charge is 0.259 e. The van der Waals surface area contributed by atoms with Gasteiger partial charge < -0.3 is 20.7 Å². The van der Waals surface area contributed by atoms with Crippen molar-refractivity contribution in [2.45, 2.75) is 44.7 Å². The number of hydrogen-bond acceptors (Lipinski definition) is 4. The third-order valence-corrected chi connectivity index (χ3v) is 6.01. The average Bonchev–Trinajstić information content (AvgIpc) is 2.64. The Balaban J connectivity index is 1.50. The highest BCUT2D eigenvalue weighted by Crippen LogP contribution is 2.41. The van der Waals surface area contributed by atoms with Crippen LogP contribution in [0.15, 0.2) is 24.3 Å². The summed E-state index contributed by atoms with van der Waals surface area (Å²) in [6.45, 7) is 0.476. The number of fused-ring (bicyclic) bond motifs is 2. The summed E-state index contributed by atoms with van der Waals surface area (Å²) in [5.41, 5.74) is 7.29. The third-order valence-electron chi connectivity index (χ3n) is 6.01. The molecule has 148 valence electrons. The van der Waals surface area contributed by atoms with E-state index in [2.05, 4.69) is 5.32 Å². The highest BCUT2D eigenvalue weighted by molar-refractivity contribution is 5.79. The predicted octanol–water partition coefficient (Wildman–Crippen LogP) is 1.92. The Morgan fingerprint density at radius 1 is 1.22 bits per heavy atom. The molecule has 3 N–H and O–H groups in total. The lowest BCUT2D eigenvalue weighted by Gasteiger charge is -2.43. The molecule has 27 heavy (non-hydrogen) atoms. The van der Waals surface area contributed by atoms with E-state index in [1.165, 1.54) is 11.3 Å². The number of nitrogens with one attached hydrogen (secondary N) is 1. The summed E-state index contributed by atoms with van der Waals surface area (Å²) in [5, 5.41) is 3.07. The second-order valence-corrected chi connectivity index (χ2v) is 8.14. The fourth-order valence-electron chi connectivity index (χ4n) is 4.36. The zero-order valence-electron chi connectivity index (χ0n) is 16.3. The van der Waals surface area contributed by atoms with Crippen molar-refractivity contribution in [2.75, 3.05) is 20.7 Å². The normalized spacial score (nSPS) is 26.9. The summed E-state index contributed by atoms with van der Waals surface area (Å²) >= 11 is 0. The largest absolute Gasteiger partial charge is 0.484 e. The number of rotatable bonds is 6. The molecule has 2 saturated carbocycles. The van der Waals surface area contributed by atoms with Crippen molar-refractivity contribution in [3.8, 4) is 5.75 Å². The SMILES string of the molecule is CN(C)C(=O)COc1cccc(CNC(=O)C2CC3CCCC(C2)C3N)c1. The van der Waals surface area contributed by atoms with Crippen molar-refractivity contribution in [1.29, 1.82) is 0 Å². The van der Waals surface area contributed by atoms with E-state index in [9.17, 15) is 9.59 Å². The summed E-state index contributed by atoms with van der Waals surface area (Å²) in [4.78, 5) is 25.8. The van der Waals surface area contributed by atoms with Gasteiger partial charge >= 0.3 is 0 Å². The third kappa shape index (κ3) is 5.01. The van der Waals surface area contributed by atoms with E-state index < -0.39 is 0 Å². The van der Waals surface area contributed by atoms with Crippen LogP contribution in [0.2, 0.25) is 0 Å². The molecule has 6 nitrogen and oxygen atoms in total. The van der Waals surface area contributed by atoms with E-state index >= 15 is 0 Å². The van der Waals surface area contributed by atoms with Crippen LogP contribution in [-0.4, -0.2) is 43.5 Å². The van der Waals surface area contributed by atoms with E-state index in [4.69, 9.17) is 10.5 Å². The maximum Gasteiger partial charge on any atom is 0.259 e. The predicted molar refractivity (Wildman–Crippen MR) is 104 cm³/mol. The molecule has 2 aliphatic carbocycles. The fourth-order valence-corrected chi connectivity index (χ4v) is 4.36. The molecule has 1 aromatic rings. The first-order chi connectivity index (χ1) is 12.9. The van der Waals surface area contributed by atoms with Gasteiger partial charge in [0.15, 0.2) is 6.61 Å². The second kappa shape index (κ2) is 8.74. The Morgan fingerprint density at radius 2 is 1.93 bits per heavy atom. The Morgan fingerprint density at radius 3 is 2.59 bits per heavy atom. The molecule has 0 saturated heterocycles. The summed E-state index contributed by atoms with van der Waals surface area (Å²) in [7, 11) is 3.40. The maximum absolute atomic E-state index is 12.7. The molecule has 0 aliphatic heterocycles. The van der Waals surface area contributed by atoms with Gasteiger partial charge in [0.2, 0.25) is 5.91 Å². The fraction of sp³-hybridized carbons (Fsp3) is 0.619. The number of hydrogen-bond donors (Lipinski definition) is 2. The molecule has 0 spiro atoms. The van der Waals surface area contributed by atoms with Crippen molar-refractivity contribution < 1.29 is 14.3 Å². The van der Waals surface area contributed by atoms with E-state index in [-0.39, 0.29) is 30.4 Å². The highest BCUT2D eigenvalue weighted by Gasteiger charge is 2.40. The summed E-state index contributed by atoms with van der Waals surface area (Å²) in [5.74, 6) is 1.76. The van der Waals surface area contributed by atoms with E-state index in [1.54, 1.807) is 14.1 Å². The van der Waals surface area contributed by atoms with Crippen LogP contribution < -0.4 is 15.8 Å². The molecule has 0 aromatic heterocycles. The number of benzene rings is 1. The molecule has 1 aromatic carbocycles. The van der Waals surface area contributed by atoms with Crippen LogP contribution in [0, 0.1) is 17.8 Å². The molecule has 2 fully saturated rings. The lowest BCUT2D eigenvalue weighted by atomic mass is 9.65. The Hall–Kier alpha value is -2.08. The zero-order chi connectivity index (χ0) is 19.4. The highest BCUT2D eigenvalue weighted by atomic mass is 16.5. The Kier molecular flexibility index (Phi) is 6.37. The number of nitrogens with zero attached hydrogens (tertiary/aromatic N) is 1. The molecule has 2 bridgehead atoms. The van der Waals surface area contributed by atoms with Gasteiger partial charge in [-0.2, -0.15) is 0 Å². The van der Waals surface area contributed by atoms with Crippen LogP contribution >= 0.6 is 0 Å². The number of nitrogens with two attached hydrogens (primary N) is 1. The molecule has 0 heterocycles. The lowest BCUT2D eigenvalue weighted by Crippen LogP contribution is -2.49. The Labute approximate surface area is 161 Å². The van der Waals surface area contributed by atoms with E-state index in [0.717, 1.165) is 31.2 Å². The molecular weight excluding hydrogens is 342 g/mol. The molecule has 2 aliphatic rings. The van der Waals surface area contributed by atoms with Gasteiger partial charge in [0, 0.05) is 32.6 Å². The van der Waals surface area contributed by atoms with Gasteiger partial charge in [-0.1, -0.05) is 18.6 Å². The van der Waals surface area contributed by atoms with Crippen LogP contribution in [0.3, 0.4) is 0 Å². The molecular formula is C21H31N3O3. The maximum atomic E-state index is 12.7. The minimum Gasteiger partial charge on any atom is -0.484 e. The zero-order valence-corrected chi connectivity index (χ0v) is 16.3. The van der Waals surface area contributed by atoms with Crippen LogP contribution in [0.1, 0.15) is 37.7 Å². The first-order valence-corrected chi connectivity index (χ1v) is 9.89. The van der Waals surface area contributed by atoms with Gasteiger partial charge in [0.25, 0.3) is 5.91 Å². The second-order valence-electron chi connectivity index (χ2n) is 8.14. The Bertz CT molecular complexity index is 662. The topological polar surface area (TPSA) is 84.7 Å². The first-order valence-electron chi connectivity index (χ1n) is 9.89. The lowest BCUT2D eigenvalue weighted by molar-refractivity contribution is -0.130. The molecule has 3 rings (SSSR count). The molecule has 0 radical (unpaired) electrons. The van der Waals surface area contributed by atoms with Gasteiger partial charge in [-0.05, 0) is 55.2 Å². The summed E-state index contributed by atoms with van der Waals surface area (Å²) < 4.78 is 5.54. The standard InChI is InChI=1S/C21H31N3O3/c1-24(2)19(25)13-27-18-8-3-5-14(9-18)12-23-21(26)17-10-15-6-4-7-16(11-17)20(15)22/h3,5,8-9,15-17,20H,4,6-7,10-13,22H2,1-2H3,(H,23,26). The van der Waals surface area contributed by atoms with Crippen molar-refractivity contribution >= 4 is 11.8 Å². The van der Waals surface area contributed by atoms with Gasteiger partial charge in [-0.15, -0.1) is 0 Å². The molecule has 2 unspecified atom stereocenters. The number of likely N-dealkylation sites (N-methyl/N-ethyl adjacent to an activating group) is 1. The minimum atomic E-state index is -0.0882. The summed E-state index contributed by atoms with van der Waals surface area (Å²) in [6.07, 6.45) is 5.40.